The molecule has 0 saturated heterocycles. The molecule has 0 amide bonds. The number of nitrogens with one attached hydrogen (secondary N) is 1. The van der Waals surface area contributed by atoms with Crippen molar-refractivity contribution in [1.82, 2.24) is 4.90 Å². The van der Waals surface area contributed by atoms with Crippen LogP contribution in [0.5, 0.6) is 0 Å². The topological polar surface area (TPSA) is 15.3 Å². The van der Waals surface area contributed by atoms with E-state index in [2.05, 4.69) is 34.5 Å². The Kier molecular flexibility index (Phi) is 4.83. The lowest BCUT2D eigenvalue weighted by atomic mass is 10.1. The summed E-state index contributed by atoms with van der Waals surface area (Å²) in [5, 5.41) is 3.26. The first-order valence-electron chi connectivity index (χ1n) is 8.02. The van der Waals surface area contributed by atoms with Gasteiger partial charge in [-0.15, -0.1) is 0 Å². The standard InChI is InChI=1S/C20H19F3N2/c1-15-5-7-16(8-6-15)14-25-13-3-2-4-19(25)24-18-11-9-17(10-12-18)20(21,22)23/h2-13,19,24H,14H2,1H3. The minimum Gasteiger partial charge on any atom is -0.362 e. The van der Waals surface area contributed by atoms with E-state index in [1.54, 1.807) is 0 Å². The Bertz CT molecular complexity index is 759. The number of rotatable bonds is 4. The van der Waals surface area contributed by atoms with Gasteiger partial charge in [0.1, 0.15) is 6.17 Å². The van der Waals surface area contributed by atoms with Crippen molar-refractivity contribution in [2.24, 2.45) is 0 Å². The number of allylic oxidation sites excluding steroid dienone is 2. The first-order chi connectivity index (χ1) is 11.9. The minimum atomic E-state index is -4.32. The van der Waals surface area contributed by atoms with E-state index in [9.17, 15) is 13.2 Å². The first kappa shape index (κ1) is 17.1. The Balaban J connectivity index is 1.70. The zero-order chi connectivity index (χ0) is 17.9. The van der Waals surface area contributed by atoms with Gasteiger partial charge in [-0.2, -0.15) is 13.2 Å². The Morgan fingerprint density at radius 2 is 1.64 bits per heavy atom. The van der Waals surface area contributed by atoms with Crippen LogP contribution < -0.4 is 5.32 Å². The highest BCUT2D eigenvalue weighted by Crippen LogP contribution is 2.30. The minimum absolute atomic E-state index is 0.122. The summed E-state index contributed by atoms with van der Waals surface area (Å²) >= 11 is 0. The fourth-order valence-electron chi connectivity index (χ4n) is 2.65. The monoisotopic (exact) mass is 344 g/mol. The lowest BCUT2D eigenvalue weighted by molar-refractivity contribution is -0.137. The molecule has 1 aliphatic rings. The third kappa shape index (κ3) is 4.44. The molecule has 3 rings (SSSR count). The average Bonchev–Trinajstić information content (AvgIpc) is 2.58. The van der Waals surface area contributed by atoms with Crippen molar-refractivity contribution in [2.45, 2.75) is 25.8 Å². The molecule has 1 aliphatic heterocycles. The van der Waals surface area contributed by atoms with Crippen molar-refractivity contribution >= 4 is 5.69 Å². The summed E-state index contributed by atoms with van der Waals surface area (Å²) in [6, 6.07) is 13.4. The molecule has 0 aliphatic carbocycles. The van der Waals surface area contributed by atoms with Crippen molar-refractivity contribution in [3.63, 3.8) is 0 Å². The van der Waals surface area contributed by atoms with Gasteiger partial charge in [0.15, 0.2) is 0 Å². The molecule has 5 heteroatoms. The van der Waals surface area contributed by atoms with Crippen molar-refractivity contribution in [1.29, 1.82) is 0 Å². The van der Waals surface area contributed by atoms with Gasteiger partial charge in [0.05, 0.1) is 5.56 Å². The quantitative estimate of drug-likeness (QED) is 0.806. The SMILES string of the molecule is Cc1ccc(CN2C=CC=CC2Nc2ccc(C(F)(F)F)cc2)cc1. The van der Waals surface area contributed by atoms with E-state index < -0.39 is 11.7 Å². The summed E-state index contributed by atoms with van der Waals surface area (Å²) in [5.41, 5.74) is 2.38. The van der Waals surface area contributed by atoms with Gasteiger partial charge in [0, 0.05) is 18.4 Å². The van der Waals surface area contributed by atoms with Gasteiger partial charge in [0.25, 0.3) is 0 Å². The van der Waals surface area contributed by atoms with Crippen LogP contribution in [0.25, 0.3) is 0 Å². The molecule has 0 radical (unpaired) electrons. The third-order valence-electron chi connectivity index (χ3n) is 4.05. The Hall–Kier alpha value is -2.69. The maximum atomic E-state index is 12.7. The predicted octanol–water partition coefficient (Wildman–Crippen LogP) is 5.34. The molecule has 2 nitrogen and oxygen atoms in total. The van der Waals surface area contributed by atoms with Crippen molar-refractivity contribution in [2.75, 3.05) is 5.32 Å². The lowest BCUT2D eigenvalue weighted by Gasteiger charge is -2.32. The second kappa shape index (κ2) is 7.05. The number of anilines is 1. The summed E-state index contributed by atoms with van der Waals surface area (Å²) < 4.78 is 38.0. The maximum absolute atomic E-state index is 12.7. The number of halogens is 3. The van der Waals surface area contributed by atoms with Gasteiger partial charge >= 0.3 is 6.18 Å². The summed E-state index contributed by atoms with van der Waals surface area (Å²) in [5.74, 6) is 0. The second-order valence-electron chi connectivity index (χ2n) is 6.05. The maximum Gasteiger partial charge on any atom is 0.416 e. The van der Waals surface area contributed by atoms with Gasteiger partial charge in [-0.1, -0.05) is 35.9 Å². The molecule has 0 fully saturated rings. The largest absolute Gasteiger partial charge is 0.416 e. The normalized spacial score (nSPS) is 17.0. The van der Waals surface area contributed by atoms with Crippen LogP contribution in [0.1, 0.15) is 16.7 Å². The smallest absolute Gasteiger partial charge is 0.362 e. The van der Waals surface area contributed by atoms with E-state index in [0.29, 0.717) is 12.2 Å². The van der Waals surface area contributed by atoms with E-state index in [4.69, 9.17) is 0 Å². The molecule has 0 spiro atoms. The first-order valence-corrected chi connectivity index (χ1v) is 8.02. The van der Waals surface area contributed by atoms with Gasteiger partial charge < -0.3 is 10.2 Å². The van der Waals surface area contributed by atoms with Crippen LogP contribution in [0.4, 0.5) is 18.9 Å². The van der Waals surface area contributed by atoms with E-state index in [0.717, 1.165) is 12.1 Å². The molecule has 1 N–H and O–H groups in total. The Morgan fingerprint density at radius 3 is 2.28 bits per heavy atom. The molecular weight excluding hydrogens is 325 g/mol. The Labute approximate surface area is 145 Å². The van der Waals surface area contributed by atoms with E-state index >= 15 is 0 Å². The van der Waals surface area contributed by atoms with Crippen molar-refractivity contribution < 1.29 is 13.2 Å². The molecular formula is C20H19F3N2. The zero-order valence-corrected chi connectivity index (χ0v) is 13.8. The predicted molar refractivity (Wildman–Crippen MR) is 93.9 cm³/mol. The molecule has 0 aromatic heterocycles. The number of alkyl halides is 3. The van der Waals surface area contributed by atoms with Crippen LogP contribution >= 0.6 is 0 Å². The number of nitrogens with zero attached hydrogens (tertiary/aromatic N) is 1. The molecule has 1 atom stereocenters. The highest BCUT2D eigenvalue weighted by atomic mass is 19.4. The highest BCUT2D eigenvalue weighted by molar-refractivity contribution is 5.47. The number of benzene rings is 2. The fraction of sp³-hybridized carbons (Fsp3) is 0.200. The summed E-state index contributed by atoms with van der Waals surface area (Å²) in [7, 11) is 0. The molecule has 0 bridgehead atoms. The van der Waals surface area contributed by atoms with E-state index in [1.165, 1.54) is 23.3 Å². The van der Waals surface area contributed by atoms with Crippen LogP contribution in [-0.2, 0) is 12.7 Å². The van der Waals surface area contributed by atoms with Crippen LogP contribution in [0.3, 0.4) is 0 Å². The van der Waals surface area contributed by atoms with E-state index in [1.807, 2.05) is 31.4 Å². The third-order valence-corrected chi connectivity index (χ3v) is 4.05. The average molecular weight is 344 g/mol. The fourth-order valence-corrected chi connectivity index (χ4v) is 2.65. The van der Waals surface area contributed by atoms with Crippen LogP contribution in [0.2, 0.25) is 0 Å². The molecule has 1 heterocycles. The highest BCUT2D eigenvalue weighted by Gasteiger charge is 2.30. The summed E-state index contributed by atoms with van der Waals surface area (Å²) in [4.78, 5) is 2.10. The molecule has 25 heavy (non-hydrogen) atoms. The molecule has 1 unspecified atom stereocenters. The summed E-state index contributed by atoms with van der Waals surface area (Å²) in [6.07, 6.45) is 3.38. The number of hydrogen-bond acceptors (Lipinski definition) is 2. The lowest BCUT2D eigenvalue weighted by Crippen LogP contribution is -2.36. The second-order valence-corrected chi connectivity index (χ2v) is 6.05. The Morgan fingerprint density at radius 1 is 0.960 bits per heavy atom. The number of hydrogen-bond donors (Lipinski definition) is 1. The van der Waals surface area contributed by atoms with Crippen LogP contribution in [-0.4, -0.2) is 11.1 Å². The van der Waals surface area contributed by atoms with Crippen molar-refractivity contribution in [3.8, 4) is 0 Å². The van der Waals surface area contributed by atoms with Crippen molar-refractivity contribution in [3.05, 3.63) is 89.6 Å². The van der Waals surface area contributed by atoms with Gasteiger partial charge in [-0.25, -0.2) is 0 Å². The molecule has 130 valence electrons. The van der Waals surface area contributed by atoms with Crippen LogP contribution in [0, 0.1) is 6.92 Å². The molecule has 0 saturated carbocycles. The zero-order valence-electron chi connectivity index (χ0n) is 13.8. The molecule has 2 aromatic carbocycles. The van der Waals surface area contributed by atoms with Gasteiger partial charge in [-0.3, -0.25) is 0 Å². The van der Waals surface area contributed by atoms with E-state index in [-0.39, 0.29) is 6.17 Å². The van der Waals surface area contributed by atoms with Gasteiger partial charge in [0.2, 0.25) is 0 Å². The van der Waals surface area contributed by atoms with Crippen LogP contribution in [0.15, 0.2) is 73.0 Å². The number of aryl methyl sites for hydroxylation is 1. The van der Waals surface area contributed by atoms with Gasteiger partial charge in [-0.05, 0) is 48.9 Å². The summed E-state index contributed by atoms with van der Waals surface area (Å²) in [6.45, 7) is 2.75. The molecule has 2 aromatic rings.